The minimum absolute atomic E-state index is 0.0148. The molecule has 4 heterocycles. The van der Waals surface area contributed by atoms with Gasteiger partial charge in [-0.15, -0.1) is 0 Å². The maximum atomic E-state index is 14.5. The molecule has 3 aromatic rings. The third kappa shape index (κ3) is 3.51. The zero-order chi connectivity index (χ0) is 23.3. The molecule has 34 heavy (non-hydrogen) atoms. The molecule has 174 valence electrons. The maximum Gasteiger partial charge on any atom is 0.283 e. The number of halogens is 1. The van der Waals surface area contributed by atoms with Crippen LogP contribution in [0.3, 0.4) is 0 Å². The first kappa shape index (κ1) is 21.1. The van der Waals surface area contributed by atoms with E-state index in [0.29, 0.717) is 12.2 Å². The van der Waals surface area contributed by atoms with Gasteiger partial charge in [0.25, 0.3) is 6.02 Å². The molecule has 0 aliphatic carbocycles. The number of hydrogen-bond acceptors (Lipinski definition) is 6. The average molecular weight is 459 g/mol. The number of nitrogens with zero attached hydrogens (tertiary/aromatic N) is 3. The zero-order valence-corrected chi connectivity index (χ0v) is 19.1. The summed E-state index contributed by atoms with van der Waals surface area (Å²) in [7, 11) is 0. The SMILES string of the molecule is Cc1ccc(CN2CCC3Oc4ccc(-c5cccnc5F)cc4C4(COC(N)=N4)[C@H]3C2)cc1. The summed E-state index contributed by atoms with van der Waals surface area (Å²) in [5.41, 5.74) is 10.0. The largest absolute Gasteiger partial charge is 0.490 e. The Bertz CT molecular complexity index is 1260. The summed E-state index contributed by atoms with van der Waals surface area (Å²) in [5.74, 6) is 0.330. The molecule has 3 aliphatic heterocycles. The lowest BCUT2D eigenvalue weighted by atomic mass is 9.71. The molecule has 2 N–H and O–H groups in total. The van der Waals surface area contributed by atoms with Crippen molar-refractivity contribution < 1.29 is 13.9 Å². The van der Waals surface area contributed by atoms with E-state index in [4.69, 9.17) is 20.2 Å². The van der Waals surface area contributed by atoms with Gasteiger partial charge >= 0.3 is 0 Å². The van der Waals surface area contributed by atoms with Crippen molar-refractivity contribution in [3.05, 3.63) is 83.4 Å². The first-order valence-corrected chi connectivity index (χ1v) is 11.7. The zero-order valence-electron chi connectivity index (χ0n) is 19.1. The molecule has 6 rings (SSSR count). The molecule has 2 aromatic carbocycles. The molecule has 0 bridgehead atoms. The monoisotopic (exact) mass is 458 g/mol. The number of aliphatic imine (C=N–C) groups is 1. The number of nitrogens with two attached hydrogens (primary N) is 1. The van der Waals surface area contributed by atoms with E-state index >= 15 is 0 Å². The second kappa shape index (κ2) is 8.09. The van der Waals surface area contributed by atoms with Crippen molar-refractivity contribution in [2.24, 2.45) is 16.6 Å². The summed E-state index contributed by atoms with van der Waals surface area (Å²) >= 11 is 0. The Morgan fingerprint density at radius 1 is 1.18 bits per heavy atom. The summed E-state index contributed by atoms with van der Waals surface area (Å²) in [6.45, 7) is 5.08. The Labute approximate surface area is 198 Å². The van der Waals surface area contributed by atoms with Gasteiger partial charge in [0.2, 0.25) is 5.95 Å². The highest BCUT2D eigenvalue weighted by atomic mass is 19.1. The first-order chi connectivity index (χ1) is 16.5. The van der Waals surface area contributed by atoms with E-state index in [9.17, 15) is 4.39 Å². The molecule has 3 aliphatic rings. The smallest absolute Gasteiger partial charge is 0.283 e. The fourth-order valence-electron chi connectivity index (χ4n) is 5.57. The molecular weight excluding hydrogens is 431 g/mol. The van der Waals surface area contributed by atoms with Crippen LogP contribution in [0.5, 0.6) is 5.75 Å². The summed E-state index contributed by atoms with van der Waals surface area (Å²) in [6.07, 6.45) is 2.36. The summed E-state index contributed by atoms with van der Waals surface area (Å²) in [4.78, 5) is 11.1. The van der Waals surface area contributed by atoms with Crippen LogP contribution in [0.4, 0.5) is 4.39 Å². The van der Waals surface area contributed by atoms with Gasteiger partial charge in [-0.3, -0.25) is 4.90 Å². The van der Waals surface area contributed by atoms with Crippen molar-refractivity contribution in [2.75, 3.05) is 19.7 Å². The highest BCUT2D eigenvalue weighted by Crippen LogP contribution is 2.51. The topological polar surface area (TPSA) is 73.0 Å². The molecule has 2 unspecified atom stereocenters. The quantitative estimate of drug-likeness (QED) is 0.601. The van der Waals surface area contributed by atoms with Crippen molar-refractivity contribution in [3.63, 3.8) is 0 Å². The maximum absolute atomic E-state index is 14.5. The van der Waals surface area contributed by atoms with E-state index in [1.807, 2.05) is 18.2 Å². The number of hydrogen-bond donors (Lipinski definition) is 1. The highest BCUT2D eigenvalue weighted by molar-refractivity contribution is 5.75. The lowest BCUT2D eigenvalue weighted by Gasteiger charge is -2.49. The number of rotatable bonds is 3. The minimum Gasteiger partial charge on any atom is -0.490 e. The Kier molecular flexibility index (Phi) is 5.03. The standard InChI is InChI=1S/C27H27FN4O2/c1-17-4-6-18(7-5-17)14-32-12-10-24-22(15-32)27(16-33-26(29)31-27)21-13-19(8-9-23(21)34-24)20-3-2-11-30-25(20)28/h2-9,11,13,22,24H,10,12,14-16H2,1H3,(H2,29,31)/t22-,24?,27?/m0/s1. The molecule has 0 amide bonds. The van der Waals surface area contributed by atoms with Crippen LogP contribution in [0.15, 0.2) is 65.8 Å². The number of amidine groups is 1. The van der Waals surface area contributed by atoms with Crippen LogP contribution < -0.4 is 10.5 Å². The van der Waals surface area contributed by atoms with Gasteiger partial charge in [0, 0.05) is 42.9 Å². The highest BCUT2D eigenvalue weighted by Gasteiger charge is 2.55. The van der Waals surface area contributed by atoms with E-state index in [0.717, 1.165) is 42.9 Å². The molecule has 1 saturated heterocycles. The normalized spacial score (nSPS) is 25.8. The lowest BCUT2D eigenvalue weighted by Crippen LogP contribution is -2.56. The lowest BCUT2D eigenvalue weighted by molar-refractivity contribution is -0.0256. The predicted octanol–water partition coefficient (Wildman–Crippen LogP) is 4.02. The predicted molar refractivity (Wildman–Crippen MR) is 128 cm³/mol. The van der Waals surface area contributed by atoms with Crippen LogP contribution >= 0.6 is 0 Å². The number of piperidine rings is 1. The van der Waals surface area contributed by atoms with E-state index in [1.54, 1.807) is 12.1 Å². The third-order valence-corrected chi connectivity index (χ3v) is 7.32. The second-order valence-electron chi connectivity index (χ2n) is 9.49. The molecular formula is C27H27FN4O2. The molecule has 1 aromatic heterocycles. The Balaban J connectivity index is 1.38. The molecule has 0 saturated carbocycles. The number of ether oxygens (including phenoxy) is 2. The van der Waals surface area contributed by atoms with Gasteiger partial charge in [0.05, 0.1) is 0 Å². The van der Waals surface area contributed by atoms with E-state index in [1.165, 1.54) is 17.3 Å². The van der Waals surface area contributed by atoms with Gasteiger partial charge in [-0.05, 0) is 48.7 Å². The van der Waals surface area contributed by atoms with E-state index in [-0.39, 0.29) is 18.0 Å². The van der Waals surface area contributed by atoms with E-state index in [2.05, 4.69) is 41.1 Å². The molecule has 7 heteroatoms. The molecule has 0 radical (unpaired) electrons. The summed E-state index contributed by atoms with van der Waals surface area (Å²) in [6, 6.07) is 18.1. The fourth-order valence-corrected chi connectivity index (χ4v) is 5.57. The Morgan fingerprint density at radius 2 is 2.03 bits per heavy atom. The third-order valence-electron chi connectivity index (χ3n) is 7.32. The van der Waals surface area contributed by atoms with Gasteiger partial charge in [-0.25, -0.2) is 9.98 Å². The van der Waals surface area contributed by atoms with Gasteiger partial charge in [0.1, 0.15) is 24.0 Å². The number of pyridine rings is 1. The van der Waals surface area contributed by atoms with Crippen molar-refractivity contribution in [3.8, 4) is 16.9 Å². The minimum atomic E-state index is -0.664. The molecule has 6 nitrogen and oxygen atoms in total. The number of likely N-dealkylation sites (tertiary alicyclic amines) is 1. The van der Waals surface area contributed by atoms with Crippen LogP contribution in [-0.4, -0.2) is 41.7 Å². The average Bonchev–Trinajstić information content (AvgIpc) is 3.24. The summed E-state index contributed by atoms with van der Waals surface area (Å²) in [5, 5.41) is 0. The Hall–Kier alpha value is -3.45. The van der Waals surface area contributed by atoms with Crippen molar-refractivity contribution in [1.82, 2.24) is 9.88 Å². The molecule has 3 atom stereocenters. The van der Waals surface area contributed by atoms with Crippen LogP contribution in [-0.2, 0) is 16.8 Å². The van der Waals surface area contributed by atoms with Crippen molar-refractivity contribution in [2.45, 2.75) is 31.5 Å². The van der Waals surface area contributed by atoms with Crippen molar-refractivity contribution in [1.29, 1.82) is 0 Å². The fraction of sp³-hybridized carbons (Fsp3) is 0.333. The number of fused-ring (bicyclic) bond motifs is 4. The van der Waals surface area contributed by atoms with Crippen molar-refractivity contribution >= 4 is 6.02 Å². The first-order valence-electron chi connectivity index (χ1n) is 11.7. The second-order valence-corrected chi connectivity index (χ2v) is 9.49. The van der Waals surface area contributed by atoms with Gasteiger partial charge in [-0.2, -0.15) is 4.39 Å². The summed E-state index contributed by atoms with van der Waals surface area (Å²) < 4.78 is 26.7. The Morgan fingerprint density at radius 3 is 2.79 bits per heavy atom. The molecule has 1 fully saturated rings. The molecule has 1 spiro atoms. The van der Waals surface area contributed by atoms with Crippen LogP contribution in [0.2, 0.25) is 0 Å². The van der Waals surface area contributed by atoms with Crippen LogP contribution in [0, 0.1) is 18.8 Å². The number of aryl methyl sites for hydroxylation is 1. The van der Waals surface area contributed by atoms with Gasteiger partial charge < -0.3 is 15.2 Å². The van der Waals surface area contributed by atoms with Gasteiger partial charge in [-0.1, -0.05) is 35.9 Å². The number of benzene rings is 2. The van der Waals surface area contributed by atoms with Crippen LogP contribution in [0.1, 0.15) is 23.1 Å². The van der Waals surface area contributed by atoms with E-state index < -0.39 is 11.5 Å². The van der Waals surface area contributed by atoms with Crippen LogP contribution in [0.25, 0.3) is 11.1 Å². The number of aromatic nitrogens is 1. The van der Waals surface area contributed by atoms with Gasteiger partial charge in [0.15, 0.2) is 0 Å².